The van der Waals surface area contributed by atoms with Crippen molar-refractivity contribution in [1.29, 1.82) is 0 Å². The Morgan fingerprint density at radius 2 is 1.29 bits per heavy atom. The van der Waals surface area contributed by atoms with Crippen LogP contribution in [0.5, 0.6) is 0 Å². The predicted molar refractivity (Wildman–Crippen MR) is 114 cm³/mol. The fraction of sp³-hybridized carbons (Fsp3) is 0.857. The standard InChI is InChI=1S/C8H18.C6H14O.C3H6N2.C2H6.C2H4/c1-3-5-7-8-6-4-2;1-3-5-7-6-4-2;1-2-5-3-4-1;2*1-2/h3-8H2,1-2H3;3-6H2,1-2H3;3H,1-2H2,(H,4,5);1-2H3;1-2H2. The minimum atomic E-state index is 0.924. The number of nitrogens with zero attached hydrogens (tertiary/aromatic N) is 1. The third kappa shape index (κ3) is 49.7. The van der Waals surface area contributed by atoms with Gasteiger partial charge in [-0.25, -0.2) is 0 Å². The molecule has 0 aromatic rings. The van der Waals surface area contributed by atoms with Gasteiger partial charge >= 0.3 is 0 Å². The molecule has 24 heavy (non-hydrogen) atoms. The molecule has 0 fully saturated rings. The van der Waals surface area contributed by atoms with E-state index in [-0.39, 0.29) is 0 Å². The summed E-state index contributed by atoms with van der Waals surface area (Å²) in [6, 6.07) is 0. The van der Waals surface area contributed by atoms with Gasteiger partial charge < -0.3 is 10.1 Å². The van der Waals surface area contributed by atoms with E-state index in [0.29, 0.717) is 0 Å². The lowest BCUT2D eigenvalue weighted by atomic mass is 10.1. The summed E-state index contributed by atoms with van der Waals surface area (Å²) in [7, 11) is 0. The van der Waals surface area contributed by atoms with E-state index in [9.17, 15) is 0 Å². The molecule has 3 nitrogen and oxygen atoms in total. The summed E-state index contributed by atoms with van der Waals surface area (Å²) in [4.78, 5) is 3.85. The molecule has 0 atom stereocenters. The first kappa shape index (κ1) is 31.0. The van der Waals surface area contributed by atoms with Crippen LogP contribution in [0.2, 0.25) is 0 Å². The van der Waals surface area contributed by atoms with E-state index in [4.69, 9.17) is 4.74 Å². The van der Waals surface area contributed by atoms with E-state index >= 15 is 0 Å². The van der Waals surface area contributed by atoms with Crippen LogP contribution in [0.4, 0.5) is 0 Å². The van der Waals surface area contributed by atoms with Crippen molar-refractivity contribution < 1.29 is 4.74 Å². The van der Waals surface area contributed by atoms with Crippen LogP contribution in [0.1, 0.15) is 92.9 Å². The number of nitrogens with one attached hydrogen (secondary N) is 1. The number of aliphatic imine (C=N–C) groups is 1. The fourth-order valence-electron chi connectivity index (χ4n) is 1.57. The molecule has 0 aliphatic carbocycles. The lowest BCUT2D eigenvalue weighted by Gasteiger charge is -1.95. The van der Waals surface area contributed by atoms with E-state index < -0.39 is 0 Å². The van der Waals surface area contributed by atoms with Gasteiger partial charge in [0, 0.05) is 19.8 Å². The van der Waals surface area contributed by atoms with Crippen molar-refractivity contribution in [2.75, 3.05) is 26.3 Å². The van der Waals surface area contributed by atoms with E-state index in [0.717, 1.165) is 39.1 Å². The van der Waals surface area contributed by atoms with Crippen molar-refractivity contribution in [3.05, 3.63) is 13.2 Å². The second-order valence-electron chi connectivity index (χ2n) is 5.02. The molecule has 0 radical (unpaired) electrons. The Labute approximate surface area is 154 Å². The molecule has 0 aromatic heterocycles. The van der Waals surface area contributed by atoms with Crippen molar-refractivity contribution in [2.24, 2.45) is 4.99 Å². The highest BCUT2D eigenvalue weighted by molar-refractivity contribution is 5.56. The number of hydrogen-bond donors (Lipinski definition) is 1. The lowest BCUT2D eigenvalue weighted by Crippen LogP contribution is -2.04. The molecule has 0 saturated heterocycles. The highest BCUT2D eigenvalue weighted by Crippen LogP contribution is 2.03. The predicted octanol–water partition coefficient (Wildman–Crippen LogP) is 6.64. The minimum absolute atomic E-state index is 0.924. The zero-order chi connectivity index (χ0) is 19.3. The van der Waals surface area contributed by atoms with Crippen molar-refractivity contribution in [2.45, 2.75) is 92.9 Å². The molecule has 0 bridgehead atoms. The van der Waals surface area contributed by atoms with Gasteiger partial charge in [0.1, 0.15) is 0 Å². The Kier molecular flexibility index (Phi) is 55.7. The fourth-order valence-corrected chi connectivity index (χ4v) is 1.57. The minimum Gasteiger partial charge on any atom is -0.381 e. The van der Waals surface area contributed by atoms with Crippen LogP contribution in [0.15, 0.2) is 18.2 Å². The van der Waals surface area contributed by atoms with Crippen LogP contribution in [0, 0.1) is 0 Å². The van der Waals surface area contributed by atoms with Gasteiger partial charge in [-0.1, -0.05) is 80.1 Å². The maximum Gasteiger partial charge on any atom is 0.0825 e. The summed E-state index contributed by atoms with van der Waals surface area (Å²) < 4.78 is 5.13. The molecule has 0 amide bonds. The molecule has 0 unspecified atom stereocenters. The summed E-state index contributed by atoms with van der Waals surface area (Å²) in [5.41, 5.74) is 0. The molecular formula is C21H48N2O. The molecule has 1 rings (SSSR count). The zero-order valence-corrected chi connectivity index (χ0v) is 17.8. The monoisotopic (exact) mass is 344 g/mol. The molecule has 1 N–H and O–H groups in total. The number of hydrogen-bond acceptors (Lipinski definition) is 3. The maximum atomic E-state index is 5.13. The first-order chi connectivity index (χ1) is 11.8. The molecule has 148 valence electrons. The second kappa shape index (κ2) is 43.2. The first-order valence-corrected chi connectivity index (χ1v) is 10.1. The molecular weight excluding hydrogens is 296 g/mol. The average molecular weight is 345 g/mol. The van der Waals surface area contributed by atoms with Gasteiger partial charge in [0.2, 0.25) is 0 Å². The summed E-state index contributed by atoms with van der Waals surface area (Å²) in [6.07, 6.45) is 12.5. The quantitative estimate of drug-likeness (QED) is 0.376. The second-order valence-corrected chi connectivity index (χ2v) is 5.02. The van der Waals surface area contributed by atoms with Crippen LogP contribution >= 0.6 is 0 Å². The largest absolute Gasteiger partial charge is 0.381 e. The Bertz CT molecular complexity index is 169. The van der Waals surface area contributed by atoms with Crippen molar-refractivity contribution in [3.8, 4) is 0 Å². The molecule has 0 aromatic carbocycles. The Balaban J connectivity index is -0.000000114. The molecule has 3 heteroatoms. The third-order valence-corrected chi connectivity index (χ3v) is 2.72. The summed E-state index contributed by atoms with van der Waals surface area (Å²) in [5.74, 6) is 0. The van der Waals surface area contributed by atoms with E-state index in [1.165, 1.54) is 38.5 Å². The van der Waals surface area contributed by atoms with Gasteiger partial charge in [0.15, 0.2) is 0 Å². The van der Waals surface area contributed by atoms with Gasteiger partial charge in [-0.15, -0.1) is 13.2 Å². The highest BCUT2D eigenvalue weighted by atomic mass is 16.5. The van der Waals surface area contributed by atoms with Gasteiger partial charge in [0.25, 0.3) is 0 Å². The molecule has 1 aliphatic heterocycles. The van der Waals surface area contributed by atoms with Crippen molar-refractivity contribution in [3.63, 3.8) is 0 Å². The number of unbranched alkanes of at least 4 members (excludes halogenated alkanes) is 5. The van der Waals surface area contributed by atoms with Crippen LogP contribution in [0.3, 0.4) is 0 Å². The maximum absolute atomic E-state index is 5.13. The van der Waals surface area contributed by atoms with Gasteiger partial charge in [-0.3, -0.25) is 4.99 Å². The zero-order valence-electron chi connectivity index (χ0n) is 17.8. The van der Waals surface area contributed by atoms with Crippen LogP contribution in [0.25, 0.3) is 0 Å². The van der Waals surface area contributed by atoms with Crippen molar-refractivity contribution in [1.82, 2.24) is 5.32 Å². The van der Waals surface area contributed by atoms with E-state index in [2.05, 4.69) is 51.2 Å². The Morgan fingerprint density at radius 3 is 1.50 bits per heavy atom. The SMILES string of the molecule is C1=NCCN1.C=C.CC.CCCCCCCC.CCCOCCC. The number of ether oxygens (including phenoxy) is 1. The molecule has 1 aliphatic rings. The molecule has 0 spiro atoms. The van der Waals surface area contributed by atoms with Crippen LogP contribution < -0.4 is 5.32 Å². The van der Waals surface area contributed by atoms with Crippen LogP contribution in [-0.2, 0) is 4.74 Å². The van der Waals surface area contributed by atoms with Gasteiger partial charge in [-0.2, -0.15) is 0 Å². The third-order valence-electron chi connectivity index (χ3n) is 2.72. The highest BCUT2D eigenvalue weighted by Gasteiger charge is 1.83. The summed E-state index contributed by atoms with van der Waals surface area (Å²) in [5, 5.41) is 2.93. The molecule has 1 heterocycles. The Hall–Kier alpha value is -0.830. The average Bonchev–Trinajstić information content (AvgIpc) is 3.23. The number of rotatable bonds is 9. The van der Waals surface area contributed by atoms with E-state index in [1.807, 2.05) is 13.8 Å². The summed E-state index contributed by atoms with van der Waals surface area (Å²) in [6.45, 7) is 22.6. The summed E-state index contributed by atoms with van der Waals surface area (Å²) >= 11 is 0. The first-order valence-electron chi connectivity index (χ1n) is 10.1. The van der Waals surface area contributed by atoms with Crippen molar-refractivity contribution >= 4 is 6.34 Å². The van der Waals surface area contributed by atoms with E-state index in [1.54, 1.807) is 6.34 Å². The lowest BCUT2D eigenvalue weighted by molar-refractivity contribution is 0.135. The Morgan fingerprint density at radius 1 is 0.833 bits per heavy atom. The van der Waals surface area contributed by atoms with Gasteiger partial charge in [-0.05, 0) is 12.8 Å². The topological polar surface area (TPSA) is 33.6 Å². The van der Waals surface area contributed by atoms with Crippen LogP contribution in [-0.4, -0.2) is 32.6 Å². The van der Waals surface area contributed by atoms with Gasteiger partial charge in [0.05, 0.1) is 12.9 Å². The smallest absolute Gasteiger partial charge is 0.0825 e. The normalized spacial score (nSPS) is 10.4. The molecule has 0 saturated carbocycles.